The maximum Gasteiger partial charge on any atom is 0.184 e. The molecule has 0 radical (unpaired) electrons. The second kappa shape index (κ2) is 2.72. The van der Waals surface area contributed by atoms with Gasteiger partial charge < -0.3 is 5.73 Å². The molecule has 0 heterocycles. The molecule has 90 valence electrons. The van der Waals surface area contributed by atoms with Gasteiger partial charge in [-0.15, -0.1) is 0 Å². The molecule has 0 aromatic heterocycles. The van der Waals surface area contributed by atoms with E-state index in [1.54, 1.807) is 0 Å². The molecule has 6 rings (SSSR count). The highest BCUT2D eigenvalue weighted by atomic mass is 79.9. The quantitative estimate of drug-likeness (QED) is 0.436. The molecule has 0 aliphatic heterocycles. The van der Waals surface area contributed by atoms with E-state index in [4.69, 9.17) is 18.0 Å². The monoisotopic (exact) mass is 311 g/mol. The molecule has 0 amide bonds. The van der Waals surface area contributed by atoms with Crippen LogP contribution < -0.4 is 11.2 Å². The van der Waals surface area contributed by atoms with Crippen molar-refractivity contribution in [2.45, 2.75) is 11.2 Å². The fourth-order valence-corrected chi connectivity index (χ4v) is 7.97. The molecule has 6 fully saturated rings. The Kier molecular flexibility index (Phi) is 1.55. The zero-order valence-electron chi connectivity index (χ0n) is 9.21. The maximum atomic E-state index is 5.49. The summed E-state index contributed by atoms with van der Waals surface area (Å²) in [6.45, 7) is 0. The van der Waals surface area contributed by atoms with Gasteiger partial charge in [-0.2, -0.15) is 5.10 Å². The minimum Gasteiger partial charge on any atom is -0.375 e. The number of nitrogens with two attached hydrogens (primary N) is 1. The fraction of sp³-hybridized carbons (Fsp3) is 0.833. The largest absolute Gasteiger partial charge is 0.375 e. The van der Waals surface area contributed by atoms with Gasteiger partial charge in [0.05, 0.1) is 0 Å². The summed E-state index contributed by atoms with van der Waals surface area (Å²) in [5, 5.41) is 4.85. The van der Waals surface area contributed by atoms with Crippen molar-refractivity contribution >= 4 is 39.0 Å². The van der Waals surface area contributed by atoms with Gasteiger partial charge in [0.25, 0.3) is 0 Å². The van der Waals surface area contributed by atoms with Crippen molar-refractivity contribution in [1.82, 2.24) is 5.43 Å². The van der Waals surface area contributed by atoms with Crippen LogP contribution >= 0.6 is 28.1 Å². The van der Waals surface area contributed by atoms with Crippen LogP contribution in [-0.2, 0) is 0 Å². The Morgan fingerprint density at radius 1 is 1.24 bits per heavy atom. The van der Waals surface area contributed by atoms with Gasteiger partial charge in [-0.1, -0.05) is 15.9 Å². The summed E-state index contributed by atoms with van der Waals surface area (Å²) in [6, 6.07) is 0. The van der Waals surface area contributed by atoms with Gasteiger partial charge in [-0.25, -0.2) is 0 Å². The number of alkyl halides is 1. The minimum atomic E-state index is 0.297. The molecule has 0 unspecified atom stereocenters. The average molecular weight is 312 g/mol. The first kappa shape index (κ1) is 9.73. The van der Waals surface area contributed by atoms with E-state index < -0.39 is 0 Å². The van der Waals surface area contributed by atoms with Gasteiger partial charge in [-0.3, -0.25) is 5.43 Å². The predicted molar refractivity (Wildman–Crippen MR) is 72.6 cm³/mol. The van der Waals surface area contributed by atoms with Gasteiger partial charge >= 0.3 is 0 Å². The first-order chi connectivity index (χ1) is 8.20. The van der Waals surface area contributed by atoms with Gasteiger partial charge in [-0.05, 0) is 54.1 Å². The summed E-state index contributed by atoms with van der Waals surface area (Å²) in [4.78, 5) is 0.764. The summed E-state index contributed by atoms with van der Waals surface area (Å²) >= 11 is 8.82. The lowest BCUT2D eigenvalue weighted by molar-refractivity contribution is 0.132. The Labute approximate surface area is 114 Å². The number of hydrazone groups is 1. The Bertz CT molecular complexity index is 476. The van der Waals surface area contributed by atoms with Crippen molar-refractivity contribution < 1.29 is 0 Å². The molecular weight excluding hydrogens is 298 g/mol. The standard InChI is InChI=1S/C12H14BrN3S/c13-10-6-2-1-3-4(6)9-8(10)5(2)7(3)11(9)15-16-12(14)17/h2-10H,1H2,(H3,14,16,17)/b15-11-/t2-,3+,4-,5-,6+,7-,8+,9-,10-/m0/s1. The second-order valence-corrected chi connectivity index (χ2v) is 7.88. The maximum absolute atomic E-state index is 5.49. The van der Waals surface area contributed by atoms with Crippen LogP contribution in [0.1, 0.15) is 6.42 Å². The fourth-order valence-electron chi connectivity index (χ4n) is 6.49. The molecule has 0 aromatic rings. The summed E-state index contributed by atoms with van der Waals surface area (Å²) in [6.07, 6.45) is 1.46. The predicted octanol–water partition coefficient (Wildman–Crippen LogP) is 1.33. The number of thiocarbonyl (C=S) groups is 1. The van der Waals surface area contributed by atoms with Crippen LogP contribution in [0.25, 0.3) is 0 Å². The highest BCUT2D eigenvalue weighted by Gasteiger charge is 2.82. The van der Waals surface area contributed by atoms with Crippen LogP contribution in [-0.4, -0.2) is 15.7 Å². The molecule has 17 heavy (non-hydrogen) atoms. The van der Waals surface area contributed by atoms with Crippen molar-refractivity contribution in [2.75, 3.05) is 0 Å². The number of hydrogen-bond acceptors (Lipinski definition) is 2. The van der Waals surface area contributed by atoms with Gasteiger partial charge in [0.1, 0.15) is 0 Å². The van der Waals surface area contributed by atoms with Crippen molar-refractivity contribution in [3.63, 3.8) is 0 Å². The Hall–Kier alpha value is -0.160. The van der Waals surface area contributed by atoms with E-state index in [9.17, 15) is 0 Å². The van der Waals surface area contributed by atoms with Crippen LogP contribution in [0.4, 0.5) is 0 Å². The highest BCUT2D eigenvalue weighted by Crippen LogP contribution is 2.82. The summed E-state index contributed by atoms with van der Waals surface area (Å²) in [5.74, 6) is 7.11. The number of halogens is 1. The lowest BCUT2D eigenvalue weighted by atomic mass is 9.71. The molecule has 0 saturated heterocycles. The molecule has 9 atom stereocenters. The lowest BCUT2D eigenvalue weighted by Crippen LogP contribution is -2.30. The molecule has 6 aliphatic rings. The first-order valence-electron chi connectivity index (χ1n) is 6.47. The second-order valence-electron chi connectivity index (χ2n) is 6.38. The molecule has 6 saturated carbocycles. The third kappa shape index (κ3) is 0.820. The molecule has 3 N–H and O–H groups in total. The van der Waals surface area contributed by atoms with Crippen molar-refractivity contribution in [1.29, 1.82) is 0 Å². The van der Waals surface area contributed by atoms with E-state index in [1.165, 1.54) is 12.1 Å². The van der Waals surface area contributed by atoms with E-state index in [0.717, 1.165) is 52.2 Å². The van der Waals surface area contributed by atoms with Crippen molar-refractivity contribution in [2.24, 2.45) is 58.2 Å². The number of nitrogens with one attached hydrogen (secondary N) is 1. The van der Waals surface area contributed by atoms with E-state index in [0.29, 0.717) is 5.11 Å². The molecule has 0 aromatic carbocycles. The number of hydrogen-bond donors (Lipinski definition) is 2. The first-order valence-corrected chi connectivity index (χ1v) is 7.79. The number of nitrogens with zero attached hydrogens (tertiary/aromatic N) is 1. The van der Waals surface area contributed by atoms with Crippen LogP contribution in [0.5, 0.6) is 0 Å². The SMILES string of the molecule is NC(=S)N/N=C1\[C@H]2[C@H]3[C@H]4C[C@@H]5[C@H]3[C@H](Br)[C@@H]2[C@@H]5[C@@H]14. The van der Waals surface area contributed by atoms with Gasteiger partial charge in [0.2, 0.25) is 0 Å². The molecule has 3 nitrogen and oxygen atoms in total. The van der Waals surface area contributed by atoms with Crippen LogP contribution in [0.15, 0.2) is 5.10 Å². The molecule has 6 aliphatic carbocycles. The normalized spacial score (nSPS) is 65.7. The number of rotatable bonds is 1. The Morgan fingerprint density at radius 3 is 2.71 bits per heavy atom. The molecule has 6 bridgehead atoms. The van der Waals surface area contributed by atoms with Gasteiger partial charge in [0.15, 0.2) is 5.11 Å². The van der Waals surface area contributed by atoms with Crippen molar-refractivity contribution in [3.05, 3.63) is 0 Å². The highest BCUT2D eigenvalue weighted by molar-refractivity contribution is 9.09. The third-order valence-electron chi connectivity index (χ3n) is 6.34. The topological polar surface area (TPSA) is 50.4 Å². The third-order valence-corrected chi connectivity index (χ3v) is 7.65. The smallest absolute Gasteiger partial charge is 0.184 e. The van der Waals surface area contributed by atoms with E-state index in [2.05, 4.69) is 26.5 Å². The summed E-state index contributed by atoms with van der Waals surface area (Å²) in [7, 11) is 0. The Morgan fingerprint density at radius 2 is 2.00 bits per heavy atom. The minimum absolute atomic E-state index is 0.297. The zero-order chi connectivity index (χ0) is 11.5. The Balaban J connectivity index is 1.62. The van der Waals surface area contributed by atoms with E-state index in [-0.39, 0.29) is 0 Å². The van der Waals surface area contributed by atoms with Crippen LogP contribution in [0, 0.1) is 47.3 Å². The van der Waals surface area contributed by atoms with E-state index >= 15 is 0 Å². The van der Waals surface area contributed by atoms with Crippen LogP contribution in [0.2, 0.25) is 0 Å². The lowest BCUT2D eigenvalue weighted by Gasteiger charge is -2.32. The average Bonchev–Trinajstić information content (AvgIpc) is 2.97. The molecule has 0 spiro atoms. The van der Waals surface area contributed by atoms with Gasteiger partial charge in [0, 0.05) is 22.4 Å². The zero-order valence-corrected chi connectivity index (χ0v) is 11.6. The molecular formula is C12H14BrN3S. The molecule has 5 heteroatoms. The van der Waals surface area contributed by atoms with Crippen molar-refractivity contribution in [3.8, 4) is 0 Å². The van der Waals surface area contributed by atoms with E-state index in [1.807, 2.05) is 0 Å². The van der Waals surface area contributed by atoms with Crippen LogP contribution in [0.3, 0.4) is 0 Å². The summed E-state index contributed by atoms with van der Waals surface area (Å²) in [5.41, 5.74) is 9.73. The summed E-state index contributed by atoms with van der Waals surface area (Å²) < 4.78 is 0.